The van der Waals surface area contributed by atoms with Gasteiger partial charge in [0.25, 0.3) is 0 Å². The second kappa shape index (κ2) is 10.4. The van der Waals surface area contributed by atoms with Crippen LogP contribution in [0.4, 0.5) is 5.69 Å². The molecule has 0 aromatic heterocycles. The Bertz CT molecular complexity index is 1310. The lowest BCUT2D eigenvalue weighted by molar-refractivity contribution is -0.134. The molecule has 7 heteroatoms. The van der Waals surface area contributed by atoms with Crippen molar-refractivity contribution in [2.24, 2.45) is 0 Å². The monoisotopic (exact) mass is 490 g/mol. The van der Waals surface area contributed by atoms with Crippen LogP contribution in [-0.4, -0.2) is 36.9 Å². The Balaban J connectivity index is 1.66. The van der Waals surface area contributed by atoms with E-state index in [1.165, 1.54) is 6.07 Å². The molecule has 1 N–H and O–H groups in total. The summed E-state index contributed by atoms with van der Waals surface area (Å²) in [6, 6.07) is 23.5. The van der Waals surface area contributed by atoms with Crippen LogP contribution in [0.15, 0.2) is 83.8 Å². The van der Waals surface area contributed by atoms with Gasteiger partial charge in [0.05, 0.1) is 16.6 Å². The molecular formula is C28H30N2O4S. The Hall–Kier alpha value is -3.45. The van der Waals surface area contributed by atoms with E-state index < -0.39 is 15.8 Å². The molecule has 0 saturated carbocycles. The van der Waals surface area contributed by atoms with Crippen LogP contribution < -0.4 is 5.32 Å². The van der Waals surface area contributed by atoms with E-state index in [-0.39, 0.29) is 28.5 Å². The minimum Gasteiger partial charge on any atom is -0.335 e. The zero-order chi connectivity index (χ0) is 25.0. The number of sulfone groups is 1. The number of anilines is 1. The number of amides is 2. The van der Waals surface area contributed by atoms with Crippen LogP contribution in [0.5, 0.6) is 0 Å². The maximum atomic E-state index is 13.9. The molecule has 0 fully saturated rings. The Kier molecular flexibility index (Phi) is 7.36. The van der Waals surface area contributed by atoms with E-state index in [4.69, 9.17) is 0 Å². The number of nitrogens with one attached hydrogen (secondary N) is 1. The molecular weight excluding hydrogens is 460 g/mol. The molecule has 2 amide bonds. The van der Waals surface area contributed by atoms with Crippen molar-refractivity contribution in [2.45, 2.75) is 50.1 Å². The van der Waals surface area contributed by atoms with Crippen LogP contribution in [-0.2, 0) is 32.4 Å². The fourth-order valence-electron chi connectivity index (χ4n) is 4.36. The molecule has 6 nitrogen and oxygen atoms in total. The zero-order valence-electron chi connectivity index (χ0n) is 20.0. The summed E-state index contributed by atoms with van der Waals surface area (Å²) in [5, 5.41) is 2.78. The molecule has 4 rings (SSSR count). The number of rotatable bonds is 8. The van der Waals surface area contributed by atoms with Gasteiger partial charge in [0.15, 0.2) is 9.84 Å². The predicted octanol–water partition coefficient (Wildman–Crippen LogP) is 4.57. The maximum absolute atomic E-state index is 13.9. The normalized spacial score (nSPS) is 14.2. The second-order valence-corrected chi connectivity index (χ2v) is 11.2. The van der Waals surface area contributed by atoms with Gasteiger partial charge >= 0.3 is 0 Å². The van der Waals surface area contributed by atoms with Gasteiger partial charge in [-0.1, -0.05) is 60.7 Å². The third-order valence-corrected chi connectivity index (χ3v) is 8.06. The fourth-order valence-corrected chi connectivity index (χ4v) is 5.92. The standard InChI is InChI=1S/C28H30N2O4S/c1-20(2)30(18-21-9-5-3-6-10-21)28(32)25(22-11-7-4-8-12-22)19-35(33,34)24-14-15-26-23(17-24)13-16-27(31)29-26/h3-12,14-15,17,20,25H,13,16,18-19H2,1-2H3,(H,29,31). The first-order valence-electron chi connectivity index (χ1n) is 11.8. The van der Waals surface area contributed by atoms with Crippen molar-refractivity contribution >= 4 is 27.3 Å². The van der Waals surface area contributed by atoms with E-state index in [9.17, 15) is 18.0 Å². The highest BCUT2D eigenvalue weighted by atomic mass is 32.2. The summed E-state index contributed by atoms with van der Waals surface area (Å²) in [5.74, 6) is -1.47. The summed E-state index contributed by atoms with van der Waals surface area (Å²) in [7, 11) is -3.79. The molecule has 3 aromatic carbocycles. The molecule has 0 spiro atoms. The first-order valence-corrected chi connectivity index (χ1v) is 13.4. The van der Waals surface area contributed by atoms with Crippen LogP contribution >= 0.6 is 0 Å². The molecule has 1 aliphatic rings. The van der Waals surface area contributed by atoms with Gasteiger partial charge < -0.3 is 10.2 Å². The molecule has 1 aliphatic heterocycles. The van der Waals surface area contributed by atoms with Crippen molar-refractivity contribution in [2.75, 3.05) is 11.1 Å². The topological polar surface area (TPSA) is 83.6 Å². The quantitative estimate of drug-likeness (QED) is 0.502. The highest BCUT2D eigenvalue weighted by Gasteiger charge is 2.33. The largest absolute Gasteiger partial charge is 0.335 e. The maximum Gasteiger partial charge on any atom is 0.231 e. The Labute approximate surface area is 206 Å². The Morgan fingerprint density at radius 2 is 1.60 bits per heavy atom. The van der Waals surface area contributed by atoms with Gasteiger partial charge in [-0.25, -0.2) is 8.42 Å². The van der Waals surface area contributed by atoms with Crippen LogP contribution in [0.1, 0.15) is 42.9 Å². The molecule has 35 heavy (non-hydrogen) atoms. The number of carbonyl (C=O) groups excluding carboxylic acids is 2. The highest BCUT2D eigenvalue weighted by molar-refractivity contribution is 7.91. The van der Waals surface area contributed by atoms with Crippen molar-refractivity contribution in [3.8, 4) is 0 Å². The number of fused-ring (bicyclic) bond motifs is 1. The third kappa shape index (κ3) is 5.80. The van der Waals surface area contributed by atoms with Gasteiger partial charge in [-0.15, -0.1) is 0 Å². The van der Waals surface area contributed by atoms with Crippen LogP contribution in [0, 0.1) is 0 Å². The van der Waals surface area contributed by atoms with Gasteiger partial charge in [-0.2, -0.15) is 0 Å². The summed E-state index contributed by atoms with van der Waals surface area (Å²) in [5.41, 5.74) is 3.09. The molecule has 1 heterocycles. The number of hydrogen-bond donors (Lipinski definition) is 1. The number of nitrogens with zero attached hydrogens (tertiary/aromatic N) is 1. The summed E-state index contributed by atoms with van der Waals surface area (Å²) in [6.45, 7) is 4.28. The number of aryl methyl sites for hydroxylation is 1. The summed E-state index contributed by atoms with van der Waals surface area (Å²) >= 11 is 0. The zero-order valence-corrected chi connectivity index (χ0v) is 20.8. The van der Waals surface area contributed by atoms with E-state index in [1.54, 1.807) is 17.0 Å². The highest BCUT2D eigenvalue weighted by Crippen LogP contribution is 2.29. The third-order valence-electron chi connectivity index (χ3n) is 6.32. The first kappa shape index (κ1) is 24.7. The summed E-state index contributed by atoms with van der Waals surface area (Å²) in [4.78, 5) is 27.5. The van der Waals surface area contributed by atoms with Crippen LogP contribution in [0.25, 0.3) is 0 Å². The molecule has 0 aliphatic carbocycles. The van der Waals surface area contributed by atoms with Gasteiger partial charge in [-0.3, -0.25) is 9.59 Å². The lowest BCUT2D eigenvalue weighted by atomic mass is 9.98. The number of benzene rings is 3. The molecule has 1 unspecified atom stereocenters. The SMILES string of the molecule is CC(C)N(Cc1ccccc1)C(=O)C(CS(=O)(=O)c1ccc2c(c1)CCC(=O)N2)c1ccccc1. The average molecular weight is 491 g/mol. The molecule has 0 saturated heterocycles. The van der Waals surface area contributed by atoms with Crippen molar-refractivity contribution in [3.63, 3.8) is 0 Å². The van der Waals surface area contributed by atoms with Crippen molar-refractivity contribution < 1.29 is 18.0 Å². The number of hydrogen-bond acceptors (Lipinski definition) is 4. The van der Waals surface area contributed by atoms with Crippen LogP contribution in [0.2, 0.25) is 0 Å². The Morgan fingerprint density at radius 3 is 2.26 bits per heavy atom. The van der Waals surface area contributed by atoms with Crippen LogP contribution in [0.3, 0.4) is 0 Å². The van der Waals surface area contributed by atoms with Crippen molar-refractivity contribution in [3.05, 3.63) is 95.6 Å². The van der Waals surface area contributed by atoms with Gasteiger partial charge in [0.1, 0.15) is 0 Å². The molecule has 0 radical (unpaired) electrons. The van der Waals surface area contributed by atoms with E-state index in [2.05, 4.69) is 5.32 Å². The number of carbonyl (C=O) groups is 2. The minimum atomic E-state index is -3.79. The summed E-state index contributed by atoms with van der Waals surface area (Å²) in [6.07, 6.45) is 0.814. The van der Waals surface area contributed by atoms with Crippen molar-refractivity contribution in [1.29, 1.82) is 0 Å². The second-order valence-electron chi connectivity index (χ2n) is 9.16. The van der Waals surface area contributed by atoms with E-state index >= 15 is 0 Å². The minimum absolute atomic E-state index is 0.0740. The van der Waals surface area contributed by atoms with E-state index in [0.29, 0.717) is 30.6 Å². The van der Waals surface area contributed by atoms with Gasteiger partial charge in [-0.05, 0) is 55.2 Å². The smallest absolute Gasteiger partial charge is 0.231 e. The fraction of sp³-hybridized carbons (Fsp3) is 0.286. The van der Waals surface area contributed by atoms with Gasteiger partial charge in [0.2, 0.25) is 11.8 Å². The molecule has 1 atom stereocenters. The summed E-state index contributed by atoms with van der Waals surface area (Å²) < 4.78 is 27.1. The average Bonchev–Trinajstić information content (AvgIpc) is 2.86. The predicted molar refractivity (Wildman–Crippen MR) is 137 cm³/mol. The van der Waals surface area contributed by atoms with E-state index in [1.807, 2.05) is 74.5 Å². The molecule has 3 aromatic rings. The van der Waals surface area contributed by atoms with E-state index in [0.717, 1.165) is 11.1 Å². The van der Waals surface area contributed by atoms with Crippen molar-refractivity contribution in [1.82, 2.24) is 4.90 Å². The first-order chi connectivity index (χ1) is 16.7. The molecule has 182 valence electrons. The molecule has 0 bridgehead atoms. The lowest BCUT2D eigenvalue weighted by Gasteiger charge is -2.31. The Morgan fingerprint density at radius 1 is 0.943 bits per heavy atom. The lowest BCUT2D eigenvalue weighted by Crippen LogP contribution is -2.41. The van der Waals surface area contributed by atoms with Gasteiger partial charge in [0, 0.05) is 24.7 Å².